The summed E-state index contributed by atoms with van der Waals surface area (Å²) in [6.07, 6.45) is 1.30. The van der Waals surface area contributed by atoms with Gasteiger partial charge in [0, 0.05) is 17.7 Å². The number of ether oxygens (including phenoxy) is 1. The highest BCUT2D eigenvalue weighted by atomic mass is 31.2. The van der Waals surface area contributed by atoms with Crippen molar-refractivity contribution in [2.24, 2.45) is 0 Å². The van der Waals surface area contributed by atoms with Crippen LogP contribution in [-0.4, -0.2) is 32.5 Å². The number of para-hydroxylation sites is 1. The van der Waals surface area contributed by atoms with Gasteiger partial charge in [-0.2, -0.15) is 4.98 Å². The molecule has 0 saturated carbocycles. The van der Waals surface area contributed by atoms with Crippen molar-refractivity contribution in [1.82, 2.24) is 19.5 Å². The first-order valence-corrected chi connectivity index (χ1v) is 11.2. The van der Waals surface area contributed by atoms with Gasteiger partial charge in [0.1, 0.15) is 5.75 Å². The van der Waals surface area contributed by atoms with Crippen molar-refractivity contribution in [3.63, 3.8) is 0 Å². The molecule has 1 aliphatic rings. The molecule has 0 fully saturated rings. The highest BCUT2D eigenvalue weighted by Crippen LogP contribution is 2.55. The van der Waals surface area contributed by atoms with Crippen LogP contribution in [0.4, 0.5) is 5.95 Å². The van der Waals surface area contributed by atoms with Crippen LogP contribution in [0, 0.1) is 0 Å². The maximum atomic E-state index is 13.1. The molecular weight excluding hydrogens is 409 g/mol. The molecule has 0 radical (unpaired) electrons. The van der Waals surface area contributed by atoms with Crippen LogP contribution < -0.4 is 15.8 Å². The predicted molar refractivity (Wildman–Crippen MR) is 112 cm³/mol. The lowest BCUT2D eigenvalue weighted by molar-refractivity contribution is 0.132. The molecule has 0 aliphatic carbocycles. The number of rotatable bonds is 5. The van der Waals surface area contributed by atoms with Crippen LogP contribution in [0.3, 0.4) is 0 Å². The number of benzene rings is 1. The molecule has 1 unspecified atom stereocenters. The van der Waals surface area contributed by atoms with Crippen LogP contribution in [-0.2, 0) is 32.4 Å². The summed E-state index contributed by atoms with van der Waals surface area (Å²) in [6, 6.07) is 5.82. The van der Waals surface area contributed by atoms with Gasteiger partial charge in [0.15, 0.2) is 17.5 Å². The third kappa shape index (κ3) is 3.98. The molecule has 1 atom stereocenters. The lowest BCUT2D eigenvalue weighted by Crippen LogP contribution is -2.19. The Bertz CT molecular complexity index is 1200. The first-order chi connectivity index (χ1) is 14.2. The van der Waals surface area contributed by atoms with Gasteiger partial charge in [0.2, 0.25) is 5.95 Å². The maximum Gasteiger partial charge on any atom is 0.405 e. The summed E-state index contributed by atoms with van der Waals surface area (Å²) in [6.45, 7) is 6.97. The van der Waals surface area contributed by atoms with Crippen molar-refractivity contribution in [2.45, 2.75) is 39.3 Å². The zero-order valence-corrected chi connectivity index (χ0v) is 17.9. The molecule has 3 heterocycles. The first-order valence-electron chi connectivity index (χ1n) is 9.50. The Morgan fingerprint density at radius 3 is 2.93 bits per heavy atom. The Morgan fingerprint density at radius 2 is 2.17 bits per heavy atom. The van der Waals surface area contributed by atoms with Gasteiger partial charge < -0.3 is 19.6 Å². The number of fused-ring (bicyclic) bond motifs is 2. The highest BCUT2D eigenvalue weighted by molar-refractivity contribution is 7.54. The average molecular weight is 433 g/mol. The molecule has 10 nitrogen and oxygen atoms in total. The fraction of sp³-hybridized carbons (Fsp3) is 0.421. The Hall–Kier alpha value is -2.68. The fourth-order valence-electron chi connectivity index (χ4n) is 3.27. The largest absolute Gasteiger partial charge is 0.422 e. The smallest absolute Gasteiger partial charge is 0.405 e. The molecule has 3 N–H and O–H groups in total. The van der Waals surface area contributed by atoms with Gasteiger partial charge >= 0.3 is 7.60 Å². The van der Waals surface area contributed by atoms with E-state index in [-0.39, 0.29) is 36.4 Å². The predicted octanol–water partition coefficient (Wildman–Crippen LogP) is 2.78. The molecular formula is C19H24N5O5P. The molecule has 0 amide bonds. The number of nitrogens with two attached hydrogens (primary N) is 1. The lowest BCUT2D eigenvalue weighted by Gasteiger charge is -2.31. The van der Waals surface area contributed by atoms with Crippen LogP contribution in [0.25, 0.3) is 11.2 Å². The summed E-state index contributed by atoms with van der Waals surface area (Å²) in [7, 11) is -3.45. The number of hydrogen-bond acceptors (Lipinski definition) is 8. The molecule has 1 aliphatic heterocycles. The SMILES string of the molecule is CC(C)(C)c1cccc2c1OP(=O)(COCCn1cnc3c(=O)[nH]c(N)nc31)OC2. The van der Waals surface area contributed by atoms with Gasteiger partial charge in [0.05, 0.1) is 19.5 Å². The van der Waals surface area contributed by atoms with E-state index in [1.165, 1.54) is 6.33 Å². The number of aromatic nitrogens is 4. The van der Waals surface area contributed by atoms with Gasteiger partial charge in [-0.3, -0.25) is 14.3 Å². The monoisotopic (exact) mass is 433 g/mol. The van der Waals surface area contributed by atoms with Gasteiger partial charge in [-0.25, -0.2) is 9.55 Å². The van der Waals surface area contributed by atoms with Gasteiger partial charge in [-0.15, -0.1) is 0 Å². The number of nitrogen functional groups attached to an aromatic ring is 1. The summed E-state index contributed by atoms with van der Waals surface area (Å²) in [5.41, 5.74) is 7.43. The van der Waals surface area contributed by atoms with Gasteiger partial charge in [-0.1, -0.05) is 39.0 Å². The summed E-state index contributed by atoms with van der Waals surface area (Å²) < 4.78 is 31.7. The molecule has 0 saturated heterocycles. The number of aromatic amines is 1. The molecule has 2 aromatic heterocycles. The minimum absolute atomic E-state index is 0.0110. The van der Waals surface area contributed by atoms with E-state index in [0.717, 1.165) is 11.1 Å². The van der Waals surface area contributed by atoms with E-state index in [0.29, 0.717) is 17.9 Å². The Balaban J connectivity index is 1.42. The van der Waals surface area contributed by atoms with E-state index in [1.54, 1.807) is 4.57 Å². The number of nitrogens with zero attached hydrogens (tertiary/aromatic N) is 3. The molecule has 0 spiro atoms. The van der Waals surface area contributed by atoms with E-state index in [9.17, 15) is 9.36 Å². The van der Waals surface area contributed by atoms with E-state index < -0.39 is 13.2 Å². The fourth-order valence-corrected chi connectivity index (χ4v) is 4.63. The summed E-state index contributed by atoms with van der Waals surface area (Å²) in [5, 5.41) is 0. The number of H-pyrrole nitrogens is 1. The third-order valence-corrected chi connectivity index (χ3v) is 6.25. The van der Waals surface area contributed by atoms with E-state index in [1.807, 2.05) is 18.2 Å². The molecule has 11 heteroatoms. The Labute approximate surface area is 172 Å². The summed E-state index contributed by atoms with van der Waals surface area (Å²) >= 11 is 0. The highest BCUT2D eigenvalue weighted by Gasteiger charge is 2.35. The van der Waals surface area contributed by atoms with Crippen molar-refractivity contribution >= 4 is 24.7 Å². The number of imidazole rings is 1. The van der Waals surface area contributed by atoms with Crippen LogP contribution in [0.5, 0.6) is 5.75 Å². The third-order valence-electron chi connectivity index (χ3n) is 4.77. The Kier molecular flexibility index (Phi) is 5.17. The maximum absolute atomic E-state index is 13.1. The standard InChI is InChI=1S/C19H24N5O5P/c1-19(2,3)13-6-4-5-12-9-28-30(26,29-15(12)13)11-27-8-7-24-10-21-14-16(24)22-18(20)23-17(14)25/h4-6,10H,7-9,11H2,1-3H3,(H3,20,22,23,25). The van der Waals surface area contributed by atoms with E-state index in [4.69, 9.17) is 19.5 Å². The average Bonchev–Trinajstić information content (AvgIpc) is 3.07. The lowest BCUT2D eigenvalue weighted by atomic mass is 9.85. The van der Waals surface area contributed by atoms with E-state index in [2.05, 4.69) is 35.7 Å². The van der Waals surface area contributed by atoms with Crippen molar-refractivity contribution in [1.29, 1.82) is 0 Å². The van der Waals surface area contributed by atoms with Crippen molar-refractivity contribution in [2.75, 3.05) is 18.7 Å². The molecule has 1 aromatic carbocycles. The van der Waals surface area contributed by atoms with Gasteiger partial charge in [0.25, 0.3) is 5.56 Å². The minimum Gasteiger partial charge on any atom is -0.422 e. The first kappa shape index (κ1) is 20.6. The number of nitrogens with one attached hydrogen (secondary N) is 1. The van der Waals surface area contributed by atoms with Crippen LogP contribution >= 0.6 is 7.60 Å². The number of anilines is 1. The van der Waals surface area contributed by atoms with Crippen LogP contribution in [0.2, 0.25) is 0 Å². The second kappa shape index (κ2) is 7.54. The summed E-state index contributed by atoms with van der Waals surface area (Å²) in [4.78, 5) is 22.4. The summed E-state index contributed by atoms with van der Waals surface area (Å²) in [5.74, 6) is 0.625. The van der Waals surface area contributed by atoms with Crippen LogP contribution in [0.1, 0.15) is 31.9 Å². The zero-order valence-electron chi connectivity index (χ0n) is 17.0. The number of hydrogen-bond donors (Lipinski definition) is 2. The minimum atomic E-state index is -3.45. The normalized spacial score (nSPS) is 18.9. The van der Waals surface area contributed by atoms with Crippen molar-refractivity contribution < 1.29 is 18.3 Å². The van der Waals surface area contributed by atoms with E-state index >= 15 is 0 Å². The van der Waals surface area contributed by atoms with Crippen LogP contribution in [0.15, 0.2) is 29.3 Å². The van der Waals surface area contributed by atoms with Crippen molar-refractivity contribution in [3.8, 4) is 5.75 Å². The van der Waals surface area contributed by atoms with Crippen molar-refractivity contribution in [3.05, 3.63) is 46.0 Å². The Morgan fingerprint density at radius 1 is 1.37 bits per heavy atom. The molecule has 160 valence electrons. The molecule has 30 heavy (non-hydrogen) atoms. The quantitative estimate of drug-likeness (QED) is 0.463. The second-order valence-electron chi connectivity index (χ2n) is 8.12. The molecule has 0 bridgehead atoms. The second-order valence-corrected chi connectivity index (χ2v) is 10.0. The zero-order chi connectivity index (χ0) is 21.5. The van der Waals surface area contributed by atoms with Gasteiger partial charge in [-0.05, 0) is 5.41 Å². The molecule has 3 aromatic rings. The molecule has 4 rings (SSSR count). The topological polar surface area (TPSA) is 134 Å².